The van der Waals surface area contributed by atoms with Gasteiger partial charge in [-0.2, -0.15) is 0 Å². The Kier molecular flexibility index (Phi) is 11.0. The molecule has 0 bridgehead atoms. The normalized spacial score (nSPS) is 14.2. The SMILES string of the molecule is CC(C)C(NC(=O)C(CO)NC(=O)C(Cc1ccc(O)cc1)NC(=O)C(N)Cc1ccccc1)C(=O)O. The summed E-state index contributed by atoms with van der Waals surface area (Å²) >= 11 is 0. The lowest BCUT2D eigenvalue weighted by Crippen LogP contribution is -2.59. The maximum Gasteiger partial charge on any atom is 0.326 e. The molecule has 0 aliphatic carbocycles. The first-order valence-corrected chi connectivity index (χ1v) is 11.8. The van der Waals surface area contributed by atoms with Gasteiger partial charge in [0.15, 0.2) is 0 Å². The molecule has 0 aromatic heterocycles. The quantitative estimate of drug-likeness (QED) is 0.189. The lowest BCUT2D eigenvalue weighted by molar-refractivity contribution is -0.143. The number of aliphatic hydroxyl groups excluding tert-OH is 1. The van der Waals surface area contributed by atoms with E-state index in [0.717, 1.165) is 5.56 Å². The molecule has 11 nitrogen and oxygen atoms in total. The molecule has 0 fully saturated rings. The average Bonchev–Trinajstić information content (AvgIpc) is 2.86. The third-order valence-corrected chi connectivity index (χ3v) is 5.69. The van der Waals surface area contributed by atoms with Crippen molar-refractivity contribution < 1.29 is 34.5 Å². The van der Waals surface area contributed by atoms with Gasteiger partial charge in [0.25, 0.3) is 0 Å². The number of carbonyl (C=O) groups excluding carboxylic acids is 3. The topological polar surface area (TPSA) is 191 Å². The van der Waals surface area contributed by atoms with Crippen LogP contribution in [0.5, 0.6) is 5.75 Å². The van der Waals surface area contributed by atoms with Crippen molar-refractivity contribution in [1.29, 1.82) is 0 Å². The number of nitrogens with two attached hydrogens (primary N) is 1. The van der Waals surface area contributed by atoms with E-state index < -0.39 is 60.4 Å². The number of rotatable bonds is 13. The van der Waals surface area contributed by atoms with E-state index in [0.29, 0.717) is 5.56 Å². The molecule has 2 rings (SSSR count). The van der Waals surface area contributed by atoms with Crippen LogP contribution in [0.25, 0.3) is 0 Å². The second-order valence-corrected chi connectivity index (χ2v) is 9.04. The molecule has 0 radical (unpaired) electrons. The zero-order valence-electron chi connectivity index (χ0n) is 20.8. The molecular formula is C26H34N4O7. The van der Waals surface area contributed by atoms with E-state index in [4.69, 9.17) is 5.73 Å². The molecule has 11 heteroatoms. The number of aliphatic carboxylic acids is 1. The summed E-state index contributed by atoms with van der Waals surface area (Å²) < 4.78 is 0. The molecule has 4 atom stereocenters. The van der Waals surface area contributed by atoms with E-state index in [1.165, 1.54) is 12.1 Å². The number of hydrogen-bond donors (Lipinski definition) is 7. The number of benzene rings is 2. The molecule has 3 amide bonds. The summed E-state index contributed by atoms with van der Waals surface area (Å²) in [6, 6.07) is 10.3. The molecule has 0 aliphatic heterocycles. The van der Waals surface area contributed by atoms with E-state index in [-0.39, 0.29) is 18.6 Å². The number of phenols is 1. The van der Waals surface area contributed by atoms with Crippen molar-refractivity contribution in [3.05, 3.63) is 65.7 Å². The fourth-order valence-corrected chi connectivity index (χ4v) is 3.55. The van der Waals surface area contributed by atoms with Crippen LogP contribution < -0.4 is 21.7 Å². The third kappa shape index (κ3) is 9.21. The maximum absolute atomic E-state index is 13.1. The summed E-state index contributed by atoms with van der Waals surface area (Å²) in [4.78, 5) is 50.0. The summed E-state index contributed by atoms with van der Waals surface area (Å²) in [7, 11) is 0. The molecule has 8 N–H and O–H groups in total. The average molecular weight is 515 g/mol. The van der Waals surface area contributed by atoms with E-state index >= 15 is 0 Å². The Labute approximate surface area is 215 Å². The molecule has 37 heavy (non-hydrogen) atoms. The second kappa shape index (κ2) is 14.0. The second-order valence-electron chi connectivity index (χ2n) is 9.04. The van der Waals surface area contributed by atoms with E-state index in [2.05, 4.69) is 16.0 Å². The van der Waals surface area contributed by atoms with Crippen molar-refractivity contribution in [2.24, 2.45) is 11.7 Å². The van der Waals surface area contributed by atoms with E-state index in [9.17, 15) is 34.5 Å². The van der Waals surface area contributed by atoms with Gasteiger partial charge in [-0.05, 0) is 35.6 Å². The predicted molar refractivity (Wildman–Crippen MR) is 135 cm³/mol. The highest BCUT2D eigenvalue weighted by Gasteiger charge is 2.31. The van der Waals surface area contributed by atoms with Crippen LogP contribution in [0.2, 0.25) is 0 Å². The molecule has 4 unspecified atom stereocenters. The number of carbonyl (C=O) groups is 4. The van der Waals surface area contributed by atoms with Crippen molar-refractivity contribution in [2.45, 2.75) is 50.9 Å². The minimum atomic E-state index is -1.45. The summed E-state index contributed by atoms with van der Waals surface area (Å²) in [6.07, 6.45) is 0.229. The molecule has 2 aromatic rings. The number of aliphatic hydroxyl groups is 1. The van der Waals surface area contributed by atoms with Crippen molar-refractivity contribution in [2.75, 3.05) is 6.61 Å². The minimum Gasteiger partial charge on any atom is -0.508 e. The Morgan fingerprint density at radius 3 is 1.86 bits per heavy atom. The third-order valence-electron chi connectivity index (χ3n) is 5.69. The summed E-state index contributed by atoms with van der Waals surface area (Å²) in [6.45, 7) is 2.41. The Balaban J connectivity index is 2.17. The van der Waals surface area contributed by atoms with Crippen LogP contribution in [0.4, 0.5) is 0 Å². The fraction of sp³-hybridized carbons (Fsp3) is 0.385. The number of amides is 3. The molecule has 0 spiro atoms. The molecule has 2 aromatic carbocycles. The molecule has 0 heterocycles. The van der Waals surface area contributed by atoms with Crippen LogP contribution in [-0.4, -0.2) is 69.8 Å². The van der Waals surface area contributed by atoms with Crippen LogP contribution in [0.1, 0.15) is 25.0 Å². The summed E-state index contributed by atoms with van der Waals surface area (Å²) in [5.41, 5.74) is 7.50. The van der Waals surface area contributed by atoms with Gasteiger partial charge in [-0.3, -0.25) is 14.4 Å². The van der Waals surface area contributed by atoms with Gasteiger partial charge in [0.1, 0.15) is 23.9 Å². The highest BCUT2D eigenvalue weighted by atomic mass is 16.4. The molecule has 0 saturated carbocycles. The standard InChI is InChI=1S/C26H34N4O7/c1-15(2)22(26(36)37)30-25(35)21(14-31)29-24(34)20(13-17-8-10-18(32)11-9-17)28-23(33)19(27)12-16-6-4-3-5-7-16/h3-11,15,19-22,31-32H,12-14,27H2,1-2H3,(H,28,33)(H,29,34)(H,30,35)(H,36,37). The van der Waals surface area contributed by atoms with Gasteiger partial charge in [-0.15, -0.1) is 0 Å². The predicted octanol–water partition coefficient (Wildman–Crippen LogP) is -0.308. The fourth-order valence-electron chi connectivity index (χ4n) is 3.55. The molecule has 200 valence electrons. The maximum atomic E-state index is 13.1. The Bertz CT molecular complexity index is 1060. The first-order valence-electron chi connectivity index (χ1n) is 11.8. The van der Waals surface area contributed by atoms with Gasteiger partial charge in [-0.25, -0.2) is 4.79 Å². The molecule has 0 aliphatic rings. The highest BCUT2D eigenvalue weighted by molar-refractivity contribution is 5.94. The van der Waals surface area contributed by atoms with Crippen LogP contribution in [-0.2, 0) is 32.0 Å². The first kappa shape index (κ1) is 29.3. The van der Waals surface area contributed by atoms with Gasteiger partial charge < -0.3 is 37.0 Å². The Morgan fingerprint density at radius 2 is 1.32 bits per heavy atom. The van der Waals surface area contributed by atoms with Crippen molar-refractivity contribution >= 4 is 23.7 Å². The van der Waals surface area contributed by atoms with Crippen LogP contribution in [0.3, 0.4) is 0 Å². The molecular weight excluding hydrogens is 480 g/mol. The zero-order valence-corrected chi connectivity index (χ0v) is 20.8. The number of nitrogens with one attached hydrogen (secondary N) is 3. The largest absolute Gasteiger partial charge is 0.508 e. The number of phenolic OH excluding ortho intramolecular Hbond substituents is 1. The van der Waals surface area contributed by atoms with E-state index in [1.54, 1.807) is 26.0 Å². The number of carboxylic acids is 1. The first-order chi connectivity index (χ1) is 17.5. The number of hydrogen-bond acceptors (Lipinski definition) is 7. The van der Waals surface area contributed by atoms with Gasteiger partial charge in [0.2, 0.25) is 17.7 Å². The van der Waals surface area contributed by atoms with Crippen LogP contribution in [0.15, 0.2) is 54.6 Å². The minimum absolute atomic E-state index is 0.000572. The Morgan fingerprint density at radius 1 is 0.784 bits per heavy atom. The van der Waals surface area contributed by atoms with Crippen LogP contribution >= 0.6 is 0 Å². The Hall–Kier alpha value is -3.96. The van der Waals surface area contributed by atoms with Gasteiger partial charge in [0.05, 0.1) is 12.6 Å². The van der Waals surface area contributed by atoms with Gasteiger partial charge in [0, 0.05) is 6.42 Å². The van der Waals surface area contributed by atoms with Crippen molar-refractivity contribution in [3.8, 4) is 5.75 Å². The van der Waals surface area contributed by atoms with Crippen molar-refractivity contribution in [3.63, 3.8) is 0 Å². The highest BCUT2D eigenvalue weighted by Crippen LogP contribution is 2.12. The van der Waals surface area contributed by atoms with Gasteiger partial charge in [-0.1, -0.05) is 56.3 Å². The monoisotopic (exact) mass is 514 g/mol. The lowest BCUT2D eigenvalue weighted by Gasteiger charge is -2.25. The van der Waals surface area contributed by atoms with Gasteiger partial charge >= 0.3 is 5.97 Å². The van der Waals surface area contributed by atoms with Crippen LogP contribution in [0, 0.1) is 5.92 Å². The smallest absolute Gasteiger partial charge is 0.326 e. The molecule has 0 saturated heterocycles. The van der Waals surface area contributed by atoms with E-state index in [1.807, 2.05) is 30.3 Å². The zero-order chi connectivity index (χ0) is 27.5. The number of aromatic hydroxyl groups is 1. The number of carboxylic acid groups (broad SMARTS) is 1. The summed E-state index contributed by atoms with van der Waals surface area (Å²) in [5, 5.41) is 35.9. The van der Waals surface area contributed by atoms with Crippen molar-refractivity contribution in [1.82, 2.24) is 16.0 Å². The lowest BCUT2D eigenvalue weighted by atomic mass is 10.0. The summed E-state index contributed by atoms with van der Waals surface area (Å²) in [5.74, 6) is -3.93.